The van der Waals surface area contributed by atoms with Crippen molar-refractivity contribution in [2.75, 3.05) is 12.4 Å². The molecule has 0 bridgehead atoms. The maximum Gasteiger partial charge on any atom is 0.249 e. The van der Waals surface area contributed by atoms with Crippen molar-refractivity contribution in [1.29, 1.82) is 0 Å². The lowest BCUT2D eigenvalue weighted by Crippen LogP contribution is -2.13. The molecule has 3 aromatic rings. The molecule has 0 saturated heterocycles. The second-order valence-corrected chi connectivity index (χ2v) is 5.88. The number of para-hydroxylation sites is 1. The molecule has 1 amide bonds. The van der Waals surface area contributed by atoms with E-state index >= 15 is 0 Å². The van der Waals surface area contributed by atoms with Crippen LogP contribution in [0.5, 0.6) is 5.75 Å². The summed E-state index contributed by atoms with van der Waals surface area (Å²) in [5, 5.41) is 7.36. The van der Waals surface area contributed by atoms with E-state index < -0.39 is 0 Å². The Morgan fingerprint density at radius 3 is 2.65 bits per heavy atom. The molecule has 132 valence electrons. The number of aromatic nitrogens is 2. The molecule has 1 heterocycles. The van der Waals surface area contributed by atoms with Crippen molar-refractivity contribution in [3.8, 4) is 5.75 Å². The third-order valence-electron chi connectivity index (χ3n) is 3.88. The van der Waals surface area contributed by atoms with E-state index in [1.807, 2.05) is 67.6 Å². The number of benzene rings is 2. The number of carbonyl (C=O) groups excluding carboxylic acids is 1. The summed E-state index contributed by atoms with van der Waals surface area (Å²) in [5.74, 6) is 1.17. The Hall–Kier alpha value is -3.34. The maximum atomic E-state index is 12.3. The number of nitrogens with one attached hydrogen (secondary N) is 1. The zero-order chi connectivity index (χ0) is 18.4. The van der Waals surface area contributed by atoms with Gasteiger partial charge in [-0.05, 0) is 24.6 Å². The fourth-order valence-electron chi connectivity index (χ4n) is 2.66. The molecule has 0 aliphatic heterocycles. The molecule has 0 saturated carbocycles. The second-order valence-electron chi connectivity index (χ2n) is 5.88. The van der Waals surface area contributed by atoms with E-state index in [4.69, 9.17) is 4.74 Å². The summed E-state index contributed by atoms with van der Waals surface area (Å²) < 4.78 is 7.08. The molecular formula is C21H21N3O2. The van der Waals surface area contributed by atoms with Crippen LogP contribution in [0.25, 0.3) is 6.08 Å². The van der Waals surface area contributed by atoms with Crippen molar-refractivity contribution in [1.82, 2.24) is 9.78 Å². The third kappa shape index (κ3) is 4.39. The van der Waals surface area contributed by atoms with Crippen molar-refractivity contribution in [2.24, 2.45) is 0 Å². The molecule has 1 aromatic heterocycles. The van der Waals surface area contributed by atoms with Crippen LogP contribution in [0.1, 0.15) is 16.8 Å². The summed E-state index contributed by atoms with van der Waals surface area (Å²) in [6, 6.07) is 19.4. The van der Waals surface area contributed by atoms with Gasteiger partial charge in [-0.1, -0.05) is 48.5 Å². The molecule has 26 heavy (non-hydrogen) atoms. The number of carbonyl (C=O) groups is 1. The van der Waals surface area contributed by atoms with Gasteiger partial charge in [0.1, 0.15) is 11.6 Å². The van der Waals surface area contributed by atoms with Gasteiger partial charge in [-0.2, -0.15) is 5.10 Å². The van der Waals surface area contributed by atoms with Crippen LogP contribution in [0.4, 0.5) is 5.82 Å². The van der Waals surface area contributed by atoms with Gasteiger partial charge >= 0.3 is 0 Å². The summed E-state index contributed by atoms with van der Waals surface area (Å²) in [7, 11) is 1.61. The lowest BCUT2D eigenvalue weighted by Gasteiger charge is -2.08. The Morgan fingerprint density at radius 1 is 1.15 bits per heavy atom. The van der Waals surface area contributed by atoms with Crippen molar-refractivity contribution >= 4 is 17.8 Å². The summed E-state index contributed by atoms with van der Waals surface area (Å²) in [4.78, 5) is 12.3. The van der Waals surface area contributed by atoms with Crippen molar-refractivity contribution in [2.45, 2.75) is 13.5 Å². The minimum Gasteiger partial charge on any atom is -0.496 e. The summed E-state index contributed by atoms with van der Waals surface area (Å²) in [5.41, 5.74) is 2.82. The number of hydrogen-bond donors (Lipinski definition) is 1. The molecule has 1 N–H and O–H groups in total. The largest absolute Gasteiger partial charge is 0.496 e. The van der Waals surface area contributed by atoms with Gasteiger partial charge in [-0.25, -0.2) is 4.68 Å². The average Bonchev–Trinajstić information content (AvgIpc) is 2.99. The number of aryl methyl sites for hydroxylation is 1. The molecule has 5 heteroatoms. The molecule has 0 fully saturated rings. The first-order valence-corrected chi connectivity index (χ1v) is 8.36. The topological polar surface area (TPSA) is 56.1 Å². The first-order valence-electron chi connectivity index (χ1n) is 8.36. The molecule has 0 radical (unpaired) electrons. The van der Waals surface area contributed by atoms with Crippen molar-refractivity contribution in [3.63, 3.8) is 0 Å². The van der Waals surface area contributed by atoms with E-state index in [1.54, 1.807) is 17.9 Å². The van der Waals surface area contributed by atoms with E-state index in [-0.39, 0.29) is 5.91 Å². The molecule has 0 spiro atoms. The Morgan fingerprint density at radius 2 is 1.88 bits per heavy atom. The number of hydrogen-bond acceptors (Lipinski definition) is 3. The van der Waals surface area contributed by atoms with Crippen LogP contribution in [0.2, 0.25) is 0 Å². The molecule has 2 aromatic carbocycles. The highest BCUT2D eigenvalue weighted by Gasteiger charge is 2.08. The predicted molar refractivity (Wildman–Crippen MR) is 103 cm³/mol. The van der Waals surface area contributed by atoms with Gasteiger partial charge in [0.2, 0.25) is 5.91 Å². The minimum absolute atomic E-state index is 0.217. The first kappa shape index (κ1) is 17.5. The van der Waals surface area contributed by atoms with Crippen LogP contribution in [0.3, 0.4) is 0 Å². The molecular weight excluding hydrogens is 326 g/mol. The van der Waals surface area contributed by atoms with E-state index in [0.29, 0.717) is 12.4 Å². The van der Waals surface area contributed by atoms with Gasteiger partial charge in [0, 0.05) is 17.7 Å². The first-order chi connectivity index (χ1) is 12.7. The zero-order valence-electron chi connectivity index (χ0n) is 14.8. The van der Waals surface area contributed by atoms with Gasteiger partial charge in [-0.3, -0.25) is 4.79 Å². The van der Waals surface area contributed by atoms with Gasteiger partial charge in [0.15, 0.2) is 0 Å². The van der Waals surface area contributed by atoms with E-state index in [0.717, 1.165) is 22.6 Å². The number of ether oxygens (including phenoxy) is 1. The number of nitrogens with zero attached hydrogens (tertiary/aromatic N) is 2. The smallest absolute Gasteiger partial charge is 0.249 e. The van der Waals surface area contributed by atoms with E-state index in [1.165, 1.54) is 6.08 Å². The Kier molecular flexibility index (Phi) is 5.49. The standard InChI is InChI=1S/C21H21N3O2/c1-16-14-20(24(23-16)15-17-8-4-3-5-9-17)22-21(25)13-12-18-10-6-7-11-19(18)26-2/h3-14H,15H2,1-2H3,(H,22,25)/b13-12+. The Labute approximate surface area is 152 Å². The normalized spacial score (nSPS) is 10.8. The lowest BCUT2D eigenvalue weighted by atomic mass is 10.2. The van der Waals surface area contributed by atoms with Gasteiger partial charge in [0.05, 0.1) is 19.3 Å². The second kappa shape index (κ2) is 8.16. The minimum atomic E-state index is -0.217. The number of amides is 1. The summed E-state index contributed by atoms with van der Waals surface area (Å²) in [6.07, 6.45) is 3.23. The Balaban J connectivity index is 1.72. The highest BCUT2D eigenvalue weighted by atomic mass is 16.5. The predicted octanol–water partition coefficient (Wildman–Crippen LogP) is 3.90. The highest BCUT2D eigenvalue weighted by molar-refractivity contribution is 6.01. The maximum absolute atomic E-state index is 12.3. The molecule has 5 nitrogen and oxygen atoms in total. The van der Waals surface area contributed by atoms with Crippen LogP contribution in [-0.4, -0.2) is 22.8 Å². The Bertz CT molecular complexity index is 914. The average molecular weight is 347 g/mol. The SMILES string of the molecule is COc1ccccc1/C=C/C(=O)Nc1cc(C)nn1Cc1ccccc1. The third-order valence-corrected chi connectivity index (χ3v) is 3.88. The van der Waals surface area contributed by atoms with Gasteiger partial charge < -0.3 is 10.1 Å². The molecule has 0 atom stereocenters. The van der Waals surface area contributed by atoms with Crippen LogP contribution in [0.15, 0.2) is 66.7 Å². The lowest BCUT2D eigenvalue weighted by molar-refractivity contribution is -0.111. The van der Waals surface area contributed by atoms with Crippen LogP contribution in [0, 0.1) is 6.92 Å². The molecule has 0 aliphatic rings. The van der Waals surface area contributed by atoms with Gasteiger partial charge in [-0.15, -0.1) is 0 Å². The summed E-state index contributed by atoms with van der Waals surface area (Å²) >= 11 is 0. The van der Waals surface area contributed by atoms with Crippen LogP contribution >= 0.6 is 0 Å². The number of methoxy groups -OCH3 is 1. The summed E-state index contributed by atoms with van der Waals surface area (Å²) in [6.45, 7) is 2.50. The number of anilines is 1. The molecule has 0 unspecified atom stereocenters. The van der Waals surface area contributed by atoms with Crippen molar-refractivity contribution in [3.05, 3.63) is 83.6 Å². The van der Waals surface area contributed by atoms with E-state index in [9.17, 15) is 4.79 Å². The van der Waals surface area contributed by atoms with Crippen molar-refractivity contribution < 1.29 is 9.53 Å². The molecule has 0 aliphatic carbocycles. The zero-order valence-corrected chi connectivity index (χ0v) is 14.8. The number of rotatable bonds is 6. The van der Waals surface area contributed by atoms with Crippen LogP contribution in [-0.2, 0) is 11.3 Å². The fraction of sp³-hybridized carbons (Fsp3) is 0.143. The monoisotopic (exact) mass is 347 g/mol. The van der Waals surface area contributed by atoms with E-state index in [2.05, 4.69) is 10.4 Å². The fourth-order valence-corrected chi connectivity index (χ4v) is 2.66. The molecule has 3 rings (SSSR count). The quantitative estimate of drug-likeness (QED) is 0.688. The highest BCUT2D eigenvalue weighted by Crippen LogP contribution is 2.19. The van der Waals surface area contributed by atoms with Crippen LogP contribution < -0.4 is 10.1 Å². The van der Waals surface area contributed by atoms with Gasteiger partial charge in [0.25, 0.3) is 0 Å².